The first-order valence-electron chi connectivity index (χ1n) is 12.5. The molecule has 0 aliphatic heterocycles. The minimum atomic E-state index is -1.33. The number of primary amides is 1. The Balaban J connectivity index is 5.74. The van der Waals surface area contributed by atoms with Crippen molar-refractivity contribution in [1.29, 1.82) is 0 Å². The highest BCUT2D eigenvalue weighted by atomic mass is 16.5. The van der Waals surface area contributed by atoms with Crippen LogP contribution in [0.15, 0.2) is 0 Å². The number of hydrogen-bond acceptors (Lipinski definition) is 7. The van der Waals surface area contributed by atoms with Crippen LogP contribution in [0.4, 0.5) is 0 Å². The number of hydrogen-bond donors (Lipinski definition) is 5. The molecule has 0 aliphatic rings. The van der Waals surface area contributed by atoms with Crippen LogP contribution in [-0.4, -0.2) is 72.0 Å². The molecule has 0 aromatic carbocycles. The third kappa shape index (κ3) is 13.0. The summed E-state index contributed by atoms with van der Waals surface area (Å²) in [4.78, 5) is 62.1. The molecule has 208 valence electrons. The highest BCUT2D eigenvalue weighted by Gasteiger charge is 2.33. The number of ether oxygens (including phenoxy) is 1. The first-order chi connectivity index (χ1) is 16.6. The van der Waals surface area contributed by atoms with E-state index in [-0.39, 0.29) is 36.4 Å². The van der Waals surface area contributed by atoms with Crippen molar-refractivity contribution >= 4 is 29.4 Å². The van der Waals surface area contributed by atoms with E-state index in [0.29, 0.717) is 6.42 Å². The number of carbonyl (C=O) groups is 5. The topological polar surface area (TPSA) is 177 Å². The summed E-state index contributed by atoms with van der Waals surface area (Å²) in [6, 6.07) is -3.08. The quantitative estimate of drug-likeness (QED) is 0.187. The fraction of sp³-hybridized carbons (Fsp3) is 0.800. The zero-order valence-corrected chi connectivity index (χ0v) is 22.9. The number of amides is 4. The Morgan fingerprint density at radius 1 is 0.778 bits per heavy atom. The summed E-state index contributed by atoms with van der Waals surface area (Å²) in [6.07, 6.45) is -1.88. The summed E-state index contributed by atoms with van der Waals surface area (Å²) in [5.74, 6) is -2.91. The molecule has 0 aromatic rings. The summed E-state index contributed by atoms with van der Waals surface area (Å²) in [5.41, 5.74) is 5.32. The predicted molar refractivity (Wildman–Crippen MR) is 135 cm³/mol. The lowest BCUT2D eigenvalue weighted by Gasteiger charge is -2.29. The summed E-state index contributed by atoms with van der Waals surface area (Å²) < 4.78 is 5.24. The van der Waals surface area contributed by atoms with Crippen molar-refractivity contribution in [2.45, 2.75) is 104 Å². The number of nitrogens with two attached hydrogens (primary N) is 1. The van der Waals surface area contributed by atoms with Crippen LogP contribution in [0.5, 0.6) is 0 Å². The maximum absolute atomic E-state index is 13.1. The van der Waals surface area contributed by atoms with E-state index in [2.05, 4.69) is 16.0 Å². The van der Waals surface area contributed by atoms with Gasteiger partial charge in [-0.05, 0) is 37.5 Å². The number of Topliss-reactive ketones (excluding diaryl/α,β-unsaturated/α-hetero) is 1. The van der Waals surface area contributed by atoms with E-state index in [1.54, 1.807) is 0 Å². The van der Waals surface area contributed by atoms with Crippen molar-refractivity contribution in [3.05, 3.63) is 0 Å². The van der Waals surface area contributed by atoms with Crippen LogP contribution in [-0.2, 0) is 28.7 Å². The van der Waals surface area contributed by atoms with Crippen LogP contribution in [0, 0.1) is 17.8 Å². The number of rotatable bonds is 17. The first kappa shape index (κ1) is 33.5. The van der Waals surface area contributed by atoms with Crippen molar-refractivity contribution in [1.82, 2.24) is 16.0 Å². The molecule has 0 rings (SSSR count). The first-order valence-corrected chi connectivity index (χ1v) is 12.5. The van der Waals surface area contributed by atoms with Gasteiger partial charge in [0.05, 0.1) is 18.6 Å². The molecule has 0 bridgehead atoms. The summed E-state index contributed by atoms with van der Waals surface area (Å²) in [5, 5.41) is 18.3. The third-order valence-corrected chi connectivity index (χ3v) is 5.51. The van der Waals surface area contributed by atoms with Crippen molar-refractivity contribution in [3.8, 4) is 0 Å². The Morgan fingerprint density at radius 2 is 1.28 bits per heavy atom. The van der Waals surface area contributed by atoms with Gasteiger partial charge in [0.2, 0.25) is 23.6 Å². The molecule has 1 unspecified atom stereocenters. The van der Waals surface area contributed by atoms with Crippen LogP contribution in [0.2, 0.25) is 0 Å². The van der Waals surface area contributed by atoms with Gasteiger partial charge in [-0.25, -0.2) is 0 Å². The average molecular weight is 515 g/mol. The molecule has 5 atom stereocenters. The molecule has 0 radical (unpaired) electrons. The maximum atomic E-state index is 13.1. The lowest BCUT2D eigenvalue weighted by atomic mass is 9.95. The molecule has 6 N–H and O–H groups in total. The van der Waals surface area contributed by atoms with Crippen LogP contribution in [0.3, 0.4) is 0 Å². The number of methoxy groups -OCH3 is 1. The molecule has 0 saturated carbocycles. The van der Waals surface area contributed by atoms with E-state index < -0.39 is 60.4 Å². The molecule has 0 aromatic heterocycles. The molecule has 0 spiro atoms. The number of nitrogens with one attached hydrogen (secondary N) is 3. The van der Waals surface area contributed by atoms with Gasteiger partial charge >= 0.3 is 0 Å². The minimum Gasteiger partial charge on any atom is -0.391 e. The smallest absolute Gasteiger partial charge is 0.250 e. The van der Waals surface area contributed by atoms with Gasteiger partial charge < -0.3 is 31.5 Å². The van der Waals surface area contributed by atoms with E-state index in [9.17, 15) is 29.1 Å². The van der Waals surface area contributed by atoms with Gasteiger partial charge in [-0.3, -0.25) is 24.0 Å². The Hall–Kier alpha value is -2.53. The zero-order valence-electron chi connectivity index (χ0n) is 22.9. The monoisotopic (exact) mass is 514 g/mol. The van der Waals surface area contributed by atoms with Crippen molar-refractivity contribution in [3.63, 3.8) is 0 Å². The zero-order chi connectivity index (χ0) is 28.2. The minimum absolute atomic E-state index is 0.0293. The normalized spacial score (nSPS) is 15.7. The second-order valence-electron chi connectivity index (χ2n) is 10.5. The lowest BCUT2D eigenvalue weighted by molar-refractivity contribution is -0.138. The van der Waals surface area contributed by atoms with Gasteiger partial charge in [-0.1, -0.05) is 41.5 Å². The molecular formula is C25H46N4O7. The van der Waals surface area contributed by atoms with E-state index in [1.807, 2.05) is 41.5 Å². The molecule has 0 aliphatic carbocycles. The molecule has 4 amide bonds. The highest BCUT2D eigenvalue weighted by Crippen LogP contribution is 2.13. The second kappa shape index (κ2) is 16.3. The largest absolute Gasteiger partial charge is 0.391 e. The van der Waals surface area contributed by atoms with Gasteiger partial charge in [-0.2, -0.15) is 0 Å². The van der Waals surface area contributed by atoms with Gasteiger partial charge in [0.1, 0.15) is 24.0 Å². The van der Waals surface area contributed by atoms with Crippen LogP contribution < -0.4 is 21.7 Å². The van der Waals surface area contributed by atoms with Gasteiger partial charge in [-0.15, -0.1) is 0 Å². The van der Waals surface area contributed by atoms with Crippen LogP contribution in [0.25, 0.3) is 0 Å². The van der Waals surface area contributed by atoms with Gasteiger partial charge in [0.25, 0.3) is 0 Å². The van der Waals surface area contributed by atoms with Crippen molar-refractivity contribution in [2.24, 2.45) is 23.5 Å². The lowest BCUT2D eigenvalue weighted by Crippen LogP contribution is -2.58. The Labute approximate surface area is 214 Å². The average Bonchev–Trinajstić information content (AvgIpc) is 2.70. The molecule has 0 fully saturated rings. The molecule has 0 heterocycles. The molecule has 0 saturated heterocycles. The number of aliphatic hydroxyl groups is 1. The SMILES string of the molecule is COC(C(=O)N[C@@H](CC(C)C)C(=O)N[C@@H](CC(N)=O)C(=O)N[C@@H](CC(C)C)[C@@H](O)CC(C)=O)C(C)C. The summed E-state index contributed by atoms with van der Waals surface area (Å²) in [6.45, 7) is 12.5. The molecular weight excluding hydrogens is 468 g/mol. The summed E-state index contributed by atoms with van der Waals surface area (Å²) in [7, 11) is 1.41. The van der Waals surface area contributed by atoms with Gasteiger partial charge in [0.15, 0.2) is 0 Å². The standard InChI is InChI=1S/C25H46N4O7/c1-13(2)9-17(20(31)11-16(7)30)27-24(34)19(12-21(26)32)28-23(33)18(10-14(3)4)29-25(35)22(36-8)15(5)6/h13-15,17-20,22,31H,9-12H2,1-8H3,(H2,26,32)(H,27,34)(H,28,33)(H,29,35)/t17-,18-,19-,20-,22?/m0/s1. The van der Waals surface area contributed by atoms with Crippen LogP contribution >= 0.6 is 0 Å². The third-order valence-electron chi connectivity index (χ3n) is 5.51. The second-order valence-corrected chi connectivity index (χ2v) is 10.5. The fourth-order valence-electron chi connectivity index (χ4n) is 3.86. The molecule has 11 nitrogen and oxygen atoms in total. The highest BCUT2D eigenvalue weighted by molar-refractivity contribution is 5.95. The van der Waals surface area contributed by atoms with Crippen molar-refractivity contribution < 1.29 is 33.8 Å². The maximum Gasteiger partial charge on any atom is 0.250 e. The van der Waals surface area contributed by atoms with Crippen molar-refractivity contribution in [2.75, 3.05) is 7.11 Å². The Kier molecular flexibility index (Phi) is 15.1. The summed E-state index contributed by atoms with van der Waals surface area (Å²) >= 11 is 0. The van der Waals surface area contributed by atoms with E-state index in [4.69, 9.17) is 10.5 Å². The number of carbonyl (C=O) groups excluding carboxylic acids is 5. The van der Waals surface area contributed by atoms with Crippen LogP contribution in [0.1, 0.15) is 74.1 Å². The Morgan fingerprint density at radius 3 is 1.69 bits per heavy atom. The number of aliphatic hydroxyl groups excluding tert-OH is 1. The van der Waals surface area contributed by atoms with Gasteiger partial charge in [0, 0.05) is 13.5 Å². The molecule has 11 heteroatoms. The van der Waals surface area contributed by atoms with E-state index in [1.165, 1.54) is 14.0 Å². The number of ketones is 1. The van der Waals surface area contributed by atoms with E-state index >= 15 is 0 Å². The molecule has 36 heavy (non-hydrogen) atoms. The predicted octanol–water partition coefficient (Wildman–Crippen LogP) is 0.419. The van der Waals surface area contributed by atoms with E-state index in [0.717, 1.165) is 0 Å². The Bertz CT molecular complexity index is 755. The fourth-order valence-corrected chi connectivity index (χ4v) is 3.86.